The molecular weight excluding hydrogens is 253 g/mol. The highest BCUT2D eigenvalue weighted by Gasteiger charge is 2.33. The fourth-order valence-electron chi connectivity index (χ4n) is 2.97. The summed E-state index contributed by atoms with van der Waals surface area (Å²) in [6.45, 7) is 5.63. The van der Waals surface area contributed by atoms with Gasteiger partial charge in [-0.3, -0.25) is 0 Å². The lowest BCUT2D eigenvalue weighted by molar-refractivity contribution is 0.139. The Labute approximate surface area is 120 Å². The first-order valence-corrected chi connectivity index (χ1v) is 7.76. The monoisotopic (exact) mass is 277 g/mol. The van der Waals surface area contributed by atoms with Gasteiger partial charge in [-0.25, -0.2) is 4.39 Å². The molecule has 0 amide bonds. The number of nitrogens with one attached hydrogen (secondary N) is 1. The van der Waals surface area contributed by atoms with Crippen LogP contribution in [-0.2, 0) is 6.42 Å². The third-order valence-corrected chi connectivity index (χ3v) is 4.73. The van der Waals surface area contributed by atoms with Crippen molar-refractivity contribution in [2.24, 2.45) is 5.41 Å². The fraction of sp³-hybridized carbons (Fsp3) is 0.647. The Hall–Kier alpha value is -1.09. The van der Waals surface area contributed by atoms with Crippen molar-refractivity contribution < 1.29 is 9.13 Å². The predicted octanol–water partition coefficient (Wildman–Crippen LogP) is 3.69. The van der Waals surface area contributed by atoms with Crippen LogP contribution in [0, 0.1) is 11.2 Å². The Kier molecular flexibility index (Phi) is 3.72. The van der Waals surface area contributed by atoms with E-state index in [0.29, 0.717) is 0 Å². The van der Waals surface area contributed by atoms with Gasteiger partial charge >= 0.3 is 0 Å². The van der Waals surface area contributed by atoms with E-state index in [-0.39, 0.29) is 17.3 Å². The van der Waals surface area contributed by atoms with E-state index in [9.17, 15) is 4.39 Å². The number of fused-ring (bicyclic) bond motifs is 1. The molecule has 1 aliphatic heterocycles. The number of ether oxygens (including phenoxy) is 1. The van der Waals surface area contributed by atoms with Crippen molar-refractivity contribution >= 4 is 0 Å². The van der Waals surface area contributed by atoms with Crippen molar-refractivity contribution in [3.05, 3.63) is 29.6 Å². The van der Waals surface area contributed by atoms with Gasteiger partial charge in [0.1, 0.15) is 17.7 Å². The molecule has 20 heavy (non-hydrogen) atoms. The van der Waals surface area contributed by atoms with Crippen molar-refractivity contribution in [2.45, 2.75) is 58.1 Å². The molecule has 3 heteroatoms. The van der Waals surface area contributed by atoms with Crippen molar-refractivity contribution in [1.29, 1.82) is 0 Å². The molecule has 1 aliphatic carbocycles. The van der Waals surface area contributed by atoms with Gasteiger partial charge in [0, 0.05) is 24.6 Å². The summed E-state index contributed by atoms with van der Waals surface area (Å²) in [6.07, 6.45) is 5.84. The van der Waals surface area contributed by atoms with Crippen molar-refractivity contribution in [3.63, 3.8) is 0 Å². The molecule has 0 aromatic heterocycles. The summed E-state index contributed by atoms with van der Waals surface area (Å²) >= 11 is 0. The molecular formula is C17H24FNO. The molecule has 1 heterocycles. The molecule has 2 atom stereocenters. The second-order valence-electron chi connectivity index (χ2n) is 6.72. The van der Waals surface area contributed by atoms with Gasteiger partial charge in [0.25, 0.3) is 0 Å². The van der Waals surface area contributed by atoms with Gasteiger partial charge in [-0.05, 0) is 49.3 Å². The molecule has 110 valence electrons. The maximum absolute atomic E-state index is 13.2. The first-order chi connectivity index (χ1) is 9.58. The standard InChI is InChI=1S/C17H24FNO/c1-3-17(2,11-19-14-5-6-14)10-15-9-12-8-13(18)4-7-16(12)20-15/h4,7-8,14-15,19H,3,5-6,9-11H2,1-2H3. The predicted molar refractivity (Wildman–Crippen MR) is 78.6 cm³/mol. The first-order valence-electron chi connectivity index (χ1n) is 7.76. The number of halogens is 1. The van der Waals surface area contributed by atoms with E-state index < -0.39 is 0 Å². The quantitative estimate of drug-likeness (QED) is 0.856. The zero-order valence-corrected chi connectivity index (χ0v) is 12.4. The van der Waals surface area contributed by atoms with Gasteiger partial charge in [0.15, 0.2) is 0 Å². The highest BCUT2D eigenvalue weighted by atomic mass is 19.1. The van der Waals surface area contributed by atoms with Gasteiger partial charge in [-0.2, -0.15) is 0 Å². The highest BCUT2D eigenvalue weighted by molar-refractivity contribution is 5.37. The molecule has 3 rings (SSSR count). The summed E-state index contributed by atoms with van der Waals surface area (Å²) < 4.78 is 19.2. The number of benzene rings is 1. The minimum atomic E-state index is -0.165. The van der Waals surface area contributed by atoms with Crippen LogP contribution in [-0.4, -0.2) is 18.7 Å². The molecule has 2 aliphatic rings. The molecule has 2 unspecified atom stereocenters. The van der Waals surface area contributed by atoms with E-state index in [1.54, 1.807) is 12.1 Å². The molecule has 0 saturated heterocycles. The van der Waals surface area contributed by atoms with Crippen molar-refractivity contribution in [1.82, 2.24) is 5.32 Å². The molecule has 0 bridgehead atoms. The van der Waals surface area contributed by atoms with Crippen molar-refractivity contribution in [3.8, 4) is 5.75 Å². The van der Waals surface area contributed by atoms with E-state index in [2.05, 4.69) is 19.2 Å². The fourth-order valence-corrected chi connectivity index (χ4v) is 2.97. The number of hydrogen-bond donors (Lipinski definition) is 1. The molecule has 1 fully saturated rings. The Balaban J connectivity index is 1.59. The van der Waals surface area contributed by atoms with Crippen LogP contribution in [0.3, 0.4) is 0 Å². The van der Waals surface area contributed by atoms with Gasteiger partial charge in [0.2, 0.25) is 0 Å². The second-order valence-corrected chi connectivity index (χ2v) is 6.72. The summed E-state index contributed by atoms with van der Waals surface area (Å²) in [5, 5.41) is 3.64. The first kappa shape index (κ1) is 13.9. The van der Waals surface area contributed by atoms with Crippen LogP contribution >= 0.6 is 0 Å². The topological polar surface area (TPSA) is 21.3 Å². The normalized spacial score (nSPS) is 24.1. The van der Waals surface area contributed by atoms with E-state index in [1.807, 2.05) is 0 Å². The Morgan fingerprint density at radius 1 is 1.40 bits per heavy atom. The molecule has 1 aromatic carbocycles. The van der Waals surface area contributed by atoms with Crippen molar-refractivity contribution in [2.75, 3.05) is 6.54 Å². The van der Waals surface area contributed by atoms with Gasteiger partial charge in [0.05, 0.1) is 0 Å². The zero-order chi connectivity index (χ0) is 14.2. The van der Waals surface area contributed by atoms with E-state index in [4.69, 9.17) is 4.74 Å². The molecule has 0 spiro atoms. The van der Waals surface area contributed by atoms with E-state index in [0.717, 1.165) is 43.2 Å². The zero-order valence-electron chi connectivity index (χ0n) is 12.4. The van der Waals surface area contributed by atoms with Gasteiger partial charge in [-0.15, -0.1) is 0 Å². The van der Waals surface area contributed by atoms with Crippen LogP contribution in [0.15, 0.2) is 18.2 Å². The van der Waals surface area contributed by atoms with Gasteiger partial charge < -0.3 is 10.1 Å². The largest absolute Gasteiger partial charge is 0.490 e. The lowest BCUT2D eigenvalue weighted by Crippen LogP contribution is -2.36. The van der Waals surface area contributed by atoms with Crippen LogP contribution in [0.1, 0.15) is 45.1 Å². The third-order valence-electron chi connectivity index (χ3n) is 4.73. The molecule has 0 radical (unpaired) electrons. The van der Waals surface area contributed by atoms with E-state index in [1.165, 1.54) is 18.9 Å². The number of hydrogen-bond acceptors (Lipinski definition) is 2. The minimum absolute atomic E-state index is 0.165. The average Bonchev–Trinajstić information content (AvgIpc) is 3.17. The van der Waals surface area contributed by atoms with Crippen LogP contribution in [0.25, 0.3) is 0 Å². The molecule has 1 saturated carbocycles. The lowest BCUT2D eigenvalue weighted by Gasteiger charge is -2.31. The van der Waals surface area contributed by atoms with Gasteiger partial charge in [-0.1, -0.05) is 13.8 Å². The maximum atomic E-state index is 13.2. The Bertz CT molecular complexity index is 486. The summed E-state index contributed by atoms with van der Waals surface area (Å²) in [4.78, 5) is 0. The SMILES string of the molecule is CCC(C)(CNC1CC1)CC1Cc2cc(F)ccc2O1. The summed E-state index contributed by atoms with van der Waals surface area (Å²) in [7, 11) is 0. The minimum Gasteiger partial charge on any atom is -0.490 e. The Morgan fingerprint density at radius 3 is 2.90 bits per heavy atom. The smallest absolute Gasteiger partial charge is 0.123 e. The lowest BCUT2D eigenvalue weighted by atomic mass is 9.81. The van der Waals surface area contributed by atoms with E-state index >= 15 is 0 Å². The number of rotatable bonds is 6. The summed E-state index contributed by atoms with van der Waals surface area (Å²) in [6, 6.07) is 5.60. The molecule has 2 nitrogen and oxygen atoms in total. The summed E-state index contributed by atoms with van der Waals surface area (Å²) in [5.74, 6) is 0.701. The summed E-state index contributed by atoms with van der Waals surface area (Å²) in [5.41, 5.74) is 1.28. The Morgan fingerprint density at radius 2 is 2.20 bits per heavy atom. The third kappa shape index (κ3) is 3.14. The molecule has 1 aromatic rings. The van der Waals surface area contributed by atoms with Crippen LogP contribution in [0.2, 0.25) is 0 Å². The van der Waals surface area contributed by atoms with Crippen LogP contribution < -0.4 is 10.1 Å². The molecule has 1 N–H and O–H groups in total. The highest BCUT2D eigenvalue weighted by Crippen LogP contribution is 2.36. The second kappa shape index (κ2) is 5.36. The van der Waals surface area contributed by atoms with Crippen LogP contribution in [0.4, 0.5) is 4.39 Å². The van der Waals surface area contributed by atoms with Crippen LogP contribution in [0.5, 0.6) is 5.75 Å². The average molecular weight is 277 g/mol. The maximum Gasteiger partial charge on any atom is 0.123 e.